The molecule has 28 aromatic rings. The number of fused-ring (bicyclic) bond motifs is 18. The lowest BCUT2D eigenvalue weighted by Gasteiger charge is -2.21. The molecule has 3 nitrogen and oxygen atoms in total. The van der Waals surface area contributed by atoms with Crippen molar-refractivity contribution in [2.45, 2.75) is 0 Å². The third-order valence-corrected chi connectivity index (χ3v) is 28.0. The van der Waals surface area contributed by atoms with Gasteiger partial charge < -0.3 is 13.3 Å². The number of hydrogen-bond donors (Lipinski definition) is 0. The Hall–Kier alpha value is -18.0. The zero-order valence-corrected chi connectivity index (χ0v) is 74.7. The van der Waals surface area contributed by atoms with Crippen LogP contribution >= 0.6 is 0 Å². The van der Waals surface area contributed by atoms with Gasteiger partial charge in [-0.3, -0.25) is 0 Å². The average molecular weight is 1740 g/mol. The second-order valence-electron chi connectivity index (χ2n) is 35.5. The standard InChI is InChI=1S/C46H28O.2C44H28O/c1-2-14-29(15-3-1)43-34-20-8-10-22-36(34)44(37-23-11-9-21-35(37)43)39-26-27-42-46(38-24-12-13-25-41(38)47-42)45(39)40-28-30-16-4-5-17-31(30)32-18-6-7-19-33(32)40;1-3-15-29(16-4-1)31-19-7-8-20-32(31)37-27-28-40-43(38-25-13-14-26-39(38)45-40)44(37)42-35-23-11-9-21-33(35)41(30-17-5-2-6-18-30)34-22-10-12-24-36(34)42;1-3-15-29(16-4-1)31-19-7-8-20-32(31)43-38(27-28-40-44(43)37-25-13-14-26-39(37)45-40)42-35-23-11-9-21-33(35)41(30-17-5-2-6-18-30)34-22-10-12-24-36(34)42/h1-28H;2*1-28H. The SMILES string of the molecule is c1ccc(-c2c3ccccc3c(-c3ccc4oc5ccccc5c4c3-c3cc4ccccc4c4ccccc34)c3ccccc23)cc1.c1ccc(-c2ccccc2-c2c(-c3c4ccccc4c(-c4ccccc4)c4ccccc34)ccc3oc4ccccc4c23)cc1.c1ccc(-c2ccccc2-c2ccc3oc4ccccc4c3c2-c2c3ccccc3c(-c3ccccc3)c3ccccc23)cc1. The monoisotopic (exact) mass is 1740 g/mol. The van der Waals surface area contributed by atoms with Crippen LogP contribution in [-0.2, 0) is 0 Å². The van der Waals surface area contributed by atoms with Crippen LogP contribution in [0.25, 0.3) is 274 Å². The molecular formula is C134H84O3. The van der Waals surface area contributed by atoms with Gasteiger partial charge in [0.2, 0.25) is 0 Å². The van der Waals surface area contributed by atoms with Crippen molar-refractivity contribution in [3.05, 3.63) is 510 Å². The Kier molecular flexibility index (Phi) is 19.6. The van der Waals surface area contributed by atoms with Crippen molar-refractivity contribution >= 4 is 152 Å². The van der Waals surface area contributed by atoms with Crippen molar-refractivity contribution in [1.82, 2.24) is 0 Å². The van der Waals surface area contributed by atoms with Gasteiger partial charge in [-0.25, -0.2) is 0 Å². The van der Waals surface area contributed by atoms with Crippen molar-refractivity contribution in [2.75, 3.05) is 0 Å². The number of para-hydroxylation sites is 3. The van der Waals surface area contributed by atoms with Crippen LogP contribution < -0.4 is 0 Å². The van der Waals surface area contributed by atoms with E-state index in [4.69, 9.17) is 13.3 Å². The third kappa shape index (κ3) is 13.4. The molecule has 25 aromatic carbocycles. The minimum atomic E-state index is 0.896. The van der Waals surface area contributed by atoms with E-state index in [0.29, 0.717) is 0 Å². The van der Waals surface area contributed by atoms with Gasteiger partial charge in [-0.15, -0.1) is 0 Å². The molecule has 3 heterocycles. The second-order valence-corrected chi connectivity index (χ2v) is 35.5. The quantitative estimate of drug-likeness (QED) is 0.0957. The Morgan fingerprint density at radius 2 is 0.343 bits per heavy atom. The summed E-state index contributed by atoms with van der Waals surface area (Å²) in [5, 5.41) is 26.7. The normalized spacial score (nSPS) is 11.6. The van der Waals surface area contributed by atoms with E-state index in [9.17, 15) is 0 Å². The first-order valence-corrected chi connectivity index (χ1v) is 47.1. The van der Waals surface area contributed by atoms with Gasteiger partial charge in [0, 0.05) is 49.0 Å². The van der Waals surface area contributed by atoms with Gasteiger partial charge in [0.05, 0.1) is 0 Å². The van der Waals surface area contributed by atoms with Gasteiger partial charge in [0.1, 0.15) is 33.5 Å². The van der Waals surface area contributed by atoms with Gasteiger partial charge >= 0.3 is 0 Å². The Labute approximate surface area is 791 Å². The average Bonchev–Trinajstić information content (AvgIpc) is 1.72. The predicted molar refractivity (Wildman–Crippen MR) is 581 cm³/mol. The molecule has 28 rings (SSSR count). The van der Waals surface area contributed by atoms with Crippen molar-refractivity contribution in [3.8, 4) is 122 Å². The maximum atomic E-state index is 6.56. The zero-order chi connectivity index (χ0) is 90.4. The Morgan fingerprint density at radius 1 is 0.102 bits per heavy atom. The van der Waals surface area contributed by atoms with E-state index in [1.54, 1.807) is 0 Å². The van der Waals surface area contributed by atoms with Gasteiger partial charge in [-0.05, 0) is 253 Å². The van der Waals surface area contributed by atoms with Crippen LogP contribution in [0.3, 0.4) is 0 Å². The van der Waals surface area contributed by atoms with E-state index in [1.165, 1.54) is 209 Å². The first-order chi connectivity index (χ1) is 68.1. The van der Waals surface area contributed by atoms with Gasteiger partial charge in [0.25, 0.3) is 0 Å². The number of hydrogen-bond acceptors (Lipinski definition) is 3. The second kappa shape index (κ2) is 33.7. The largest absolute Gasteiger partial charge is 0.456 e. The van der Waals surface area contributed by atoms with Crippen LogP contribution in [0.15, 0.2) is 523 Å². The summed E-state index contributed by atoms with van der Waals surface area (Å²) >= 11 is 0. The van der Waals surface area contributed by atoms with Crippen molar-refractivity contribution < 1.29 is 13.3 Å². The van der Waals surface area contributed by atoms with E-state index in [2.05, 4.69) is 504 Å². The topological polar surface area (TPSA) is 39.4 Å². The molecule has 0 bridgehead atoms. The van der Waals surface area contributed by atoms with E-state index in [0.717, 1.165) is 65.8 Å². The molecule has 0 N–H and O–H groups in total. The van der Waals surface area contributed by atoms with Crippen LogP contribution in [0.5, 0.6) is 0 Å². The maximum absolute atomic E-state index is 6.56. The summed E-state index contributed by atoms with van der Waals surface area (Å²) in [5.41, 5.74) is 32.2. The first kappa shape index (κ1) is 79.9. The molecule has 3 aromatic heterocycles. The molecule has 137 heavy (non-hydrogen) atoms. The number of benzene rings is 25. The van der Waals surface area contributed by atoms with Gasteiger partial charge in [0.15, 0.2) is 0 Å². The first-order valence-electron chi connectivity index (χ1n) is 47.1. The summed E-state index contributed by atoms with van der Waals surface area (Å²) in [6.07, 6.45) is 0. The molecule has 3 heteroatoms. The predicted octanol–water partition coefficient (Wildman–Crippen LogP) is 38.3. The molecule has 0 aliphatic heterocycles. The molecular weight excluding hydrogens is 1660 g/mol. The highest BCUT2D eigenvalue weighted by atomic mass is 16.3. The highest BCUT2D eigenvalue weighted by Gasteiger charge is 2.30. The maximum Gasteiger partial charge on any atom is 0.136 e. The van der Waals surface area contributed by atoms with E-state index >= 15 is 0 Å². The molecule has 0 aliphatic rings. The summed E-state index contributed by atoms with van der Waals surface area (Å²) in [6, 6.07) is 183. The Morgan fingerprint density at radius 3 is 0.708 bits per heavy atom. The number of furan rings is 3. The molecule has 638 valence electrons. The Bertz CT molecular complexity index is 9470. The fourth-order valence-electron chi connectivity index (χ4n) is 22.3. The van der Waals surface area contributed by atoms with Crippen LogP contribution in [0, 0.1) is 0 Å². The molecule has 0 atom stereocenters. The fraction of sp³-hybridized carbons (Fsp3) is 0. The van der Waals surface area contributed by atoms with E-state index in [-0.39, 0.29) is 0 Å². The molecule has 0 aliphatic carbocycles. The lowest BCUT2D eigenvalue weighted by atomic mass is 9.81. The van der Waals surface area contributed by atoms with Crippen molar-refractivity contribution in [3.63, 3.8) is 0 Å². The van der Waals surface area contributed by atoms with Gasteiger partial charge in [-0.2, -0.15) is 0 Å². The van der Waals surface area contributed by atoms with Crippen LogP contribution in [0.4, 0.5) is 0 Å². The fourth-order valence-corrected chi connectivity index (χ4v) is 22.3. The van der Waals surface area contributed by atoms with Crippen LogP contribution in [-0.4, -0.2) is 0 Å². The lowest BCUT2D eigenvalue weighted by molar-refractivity contribution is 0.668. The summed E-state index contributed by atoms with van der Waals surface area (Å²) < 4.78 is 19.6. The summed E-state index contributed by atoms with van der Waals surface area (Å²) in [5.74, 6) is 0. The highest BCUT2D eigenvalue weighted by molar-refractivity contribution is 6.32. The van der Waals surface area contributed by atoms with E-state index < -0.39 is 0 Å². The molecule has 0 unspecified atom stereocenters. The molecule has 0 radical (unpaired) electrons. The molecule has 0 saturated heterocycles. The van der Waals surface area contributed by atoms with Crippen molar-refractivity contribution in [1.29, 1.82) is 0 Å². The molecule has 0 saturated carbocycles. The van der Waals surface area contributed by atoms with Gasteiger partial charge in [-0.1, -0.05) is 449 Å². The third-order valence-electron chi connectivity index (χ3n) is 28.0. The van der Waals surface area contributed by atoms with Crippen LogP contribution in [0.2, 0.25) is 0 Å². The minimum absolute atomic E-state index is 0.896. The summed E-state index contributed by atoms with van der Waals surface area (Å²) in [4.78, 5) is 0. The summed E-state index contributed by atoms with van der Waals surface area (Å²) in [7, 11) is 0. The van der Waals surface area contributed by atoms with Crippen molar-refractivity contribution in [2.24, 2.45) is 0 Å². The van der Waals surface area contributed by atoms with E-state index in [1.807, 2.05) is 6.07 Å². The molecule has 0 fully saturated rings. The van der Waals surface area contributed by atoms with Crippen LogP contribution in [0.1, 0.15) is 0 Å². The molecule has 0 spiro atoms. The minimum Gasteiger partial charge on any atom is -0.456 e. The zero-order valence-electron chi connectivity index (χ0n) is 74.7. The Balaban J connectivity index is 0.000000106. The number of rotatable bonds is 11. The highest BCUT2D eigenvalue weighted by Crippen LogP contribution is 2.57. The molecule has 0 amide bonds. The smallest absolute Gasteiger partial charge is 0.136 e. The lowest BCUT2D eigenvalue weighted by Crippen LogP contribution is -1.94. The summed E-state index contributed by atoms with van der Waals surface area (Å²) in [6.45, 7) is 0.